The number of para-hydroxylation sites is 1. The van der Waals surface area contributed by atoms with Gasteiger partial charge < -0.3 is 0 Å². The molecule has 15 heavy (non-hydrogen) atoms. The molecule has 0 aromatic heterocycles. The highest BCUT2D eigenvalue weighted by atomic mass is 15.0. The molecule has 74 valence electrons. The van der Waals surface area contributed by atoms with Gasteiger partial charge in [0.15, 0.2) is 0 Å². The predicted octanol–water partition coefficient (Wildman–Crippen LogP) is 4.32. The minimum Gasteiger partial charge on any atom is -0.204 e. The van der Waals surface area contributed by atoms with Gasteiger partial charge in [-0.25, -0.2) is 5.53 Å². The Hall–Kier alpha value is -1.96. The molecule has 0 fully saturated rings. The van der Waals surface area contributed by atoms with Gasteiger partial charge in [-0.1, -0.05) is 42.5 Å². The minimum atomic E-state index is 0.715. The van der Waals surface area contributed by atoms with Crippen LogP contribution in [0.5, 0.6) is 0 Å². The molecular weight excluding hydrogens is 184 g/mol. The van der Waals surface area contributed by atoms with E-state index in [2.05, 4.69) is 24.2 Å². The van der Waals surface area contributed by atoms with Gasteiger partial charge in [0.05, 0.1) is 5.69 Å². The fourth-order valence-corrected chi connectivity index (χ4v) is 1.67. The van der Waals surface area contributed by atoms with E-state index < -0.39 is 0 Å². The van der Waals surface area contributed by atoms with Crippen LogP contribution in [-0.4, -0.2) is 0 Å². The molecule has 2 nitrogen and oxygen atoms in total. The standard InChI is InChI=1S/C13H12N2/c1-10-6-2-3-7-11(10)12-8-4-5-9-13(12)15-14/h2-9,14H,1H3. The average Bonchev–Trinajstić information content (AvgIpc) is 2.30. The molecule has 2 aromatic carbocycles. The van der Waals surface area contributed by atoms with Crippen LogP contribution in [0.4, 0.5) is 5.69 Å². The fourth-order valence-electron chi connectivity index (χ4n) is 1.67. The van der Waals surface area contributed by atoms with E-state index in [4.69, 9.17) is 5.53 Å². The van der Waals surface area contributed by atoms with Crippen molar-refractivity contribution in [3.8, 4) is 11.1 Å². The van der Waals surface area contributed by atoms with Crippen LogP contribution in [0.1, 0.15) is 5.56 Å². The summed E-state index contributed by atoms with van der Waals surface area (Å²) in [6, 6.07) is 15.9. The Kier molecular flexibility index (Phi) is 2.59. The highest BCUT2D eigenvalue weighted by Crippen LogP contribution is 2.31. The SMILES string of the molecule is Cc1ccccc1-c1ccccc1N=N. The van der Waals surface area contributed by atoms with Crippen LogP contribution in [0.3, 0.4) is 0 Å². The third-order valence-corrected chi connectivity index (χ3v) is 2.46. The van der Waals surface area contributed by atoms with E-state index in [1.54, 1.807) is 0 Å². The monoisotopic (exact) mass is 196 g/mol. The highest BCUT2D eigenvalue weighted by Gasteiger charge is 2.05. The molecule has 0 unspecified atom stereocenters. The van der Waals surface area contributed by atoms with E-state index >= 15 is 0 Å². The quantitative estimate of drug-likeness (QED) is 0.694. The number of nitrogens with zero attached hydrogens (tertiary/aromatic N) is 1. The van der Waals surface area contributed by atoms with Gasteiger partial charge in [-0.2, -0.15) is 5.11 Å². The van der Waals surface area contributed by atoms with E-state index in [9.17, 15) is 0 Å². The zero-order chi connectivity index (χ0) is 10.7. The van der Waals surface area contributed by atoms with Crippen LogP contribution < -0.4 is 0 Å². The summed E-state index contributed by atoms with van der Waals surface area (Å²) in [7, 11) is 0. The molecule has 0 aliphatic carbocycles. The second-order valence-electron chi connectivity index (χ2n) is 3.44. The molecule has 0 bridgehead atoms. The zero-order valence-corrected chi connectivity index (χ0v) is 8.57. The second kappa shape index (κ2) is 4.05. The summed E-state index contributed by atoms with van der Waals surface area (Å²) in [5, 5.41) is 3.54. The molecule has 0 aliphatic heterocycles. The summed E-state index contributed by atoms with van der Waals surface area (Å²) in [5.74, 6) is 0. The summed E-state index contributed by atoms with van der Waals surface area (Å²) in [5.41, 5.74) is 11.2. The third-order valence-electron chi connectivity index (χ3n) is 2.46. The first-order valence-corrected chi connectivity index (χ1v) is 4.85. The summed E-state index contributed by atoms with van der Waals surface area (Å²) in [6.45, 7) is 2.07. The molecule has 0 aliphatic rings. The van der Waals surface area contributed by atoms with Crippen molar-refractivity contribution in [3.63, 3.8) is 0 Å². The molecule has 0 saturated heterocycles. The molecule has 0 radical (unpaired) electrons. The van der Waals surface area contributed by atoms with Crippen LogP contribution >= 0.6 is 0 Å². The van der Waals surface area contributed by atoms with Crippen LogP contribution in [-0.2, 0) is 0 Å². The molecule has 0 amide bonds. The smallest absolute Gasteiger partial charge is 0.0928 e. The van der Waals surface area contributed by atoms with Crippen LogP contribution in [0.25, 0.3) is 11.1 Å². The Labute approximate surface area is 89.1 Å². The lowest BCUT2D eigenvalue weighted by Crippen LogP contribution is -1.82. The molecule has 0 spiro atoms. The maximum atomic E-state index is 7.13. The molecule has 0 heterocycles. The molecule has 2 rings (SSSR count). The maximum absolute atomic E-state index is 7.13. The zero-order valence-electron chi connectivity index (χ0n) is 8.57. The lowest BCUT2D eigenvalue weighted by molar-refractivity contribution is 1.15. The van der Waals surface area contributed by atoms with Crippen LogP contribution in [0.2, 0.25) is 0 Å². The largest absolute Gasteiger partial charge is 0.204 e. The Morgan fingerprint density at radius 3 is 2.13 bits per heavy atom. The molecule has 0 saturated carbocycles. The average molecular weight is 196 g/mol. The van der Waals surface area contributed by atoms with Gasteiger partial charge in [-0.05, 0) is 24.1 Å². The van der Waals surface area contributed by atoms with Crippen molar-refractivity contribution in [1.82, 2.24) is 0 Å². The number of rotatable bonds is 2. The van der Waals surface area contributed by atoms with Crippen molar-refractivity contribution in [3.05, 3.63) is 54.1 Å². The van der Waals surface area contributed by atoms with Gasteiger partial charge in [0.2, 0.25) is 0 Å². The van der Waals surface area contributed by atoms with Crippen LogP contribution in [0, 0.1) is 12.5 Å². The van der Waals surface area contributed by atoms with Crippen molar-refractivity contribution in [2.45, 2.75) is 6.92 Å². The molecule has 1 N–H and O–H groups in total. The van der Waals surface area contributed by atoms with Gasteiger partial charge in [-0.15, -0.1) is 0 Å². The van der Waals surface area contributed by atoms with E-state index in [1.807, 2.05) is 36.4 Å². The predicted molar refractivity (Wildman–Crippen MR) is 61.4 cm³/mol. The Morgan fingerprint density at radius 2 is 1.47 bits per heavy atom. The number of nitrogens with one attached hydrogen (secondary N) is 1. The van der Waals surface area contributed by atoms with Gasteiger partial charge in [-0.3, -0.25) is 0 Å². The summed E-state index contributed by atoms with van der Waals surface area (Å²) in [6.07, 6.45) is 0. The Bertz CT molecular complexity index is 489. The fraction of sp³-hybridized carbons (Fsp3) is 0.0769. The molecular formula is C13H12N2. The van der Waals surface area contributed by atoms with E-state index in [-0.39, 0.29) is 0 Å². The number of hydrogen-bond donors (Lipinski definition) is 1. The number of benzene rings is 2. The number of hydrogen-bond acceptors (Lipinski definition) is 2. The van der Waals surface area contributed by atoms with E-state index in [1.165, 1.54) is 5.56 Å². The topological polar surface area (TPSA) is 36.2 Å². The molecule has 2 heteroatoms. The van der Waals surface area contributed by atoms with Crippen molar-refractivity contribution in [1.29, 1.82) is 5.53 Å². The first kappa shape index (κ1) is 9.59. The summed E-state index contributed by atoms with van der Waals surface area (Å²) >= 11 is 0. The number of aryl methyl sites for hydroxylation is 1. The molecule has 2 aromatic rings. The van der Waals surface area contributed by atoms with E-state index in [0.717, 1.165) is 11.1 Å². The normalized spacial score (nSPS) is 9.93. The maximum Gasteiger partial charge on any atom is 0.0928 e. The third kappa shape index (κ3) is 1.79. The van der Waals surface area contributed by atoms with Crippen molar-refractivity contribution in [2.24, 2.45) is 5.11 Å². The van der Waals surface area contributed by atoms with Gasteiger partial charge in [0, 0.05) is 5.56 Å². The summed E-state index contributed by atoms with van der Waals surface area (Å²) in [4.78, 5) is 0. The van der Waals surface area contributed by atoms with Crippen molar-refractivity contribution >= 4 is 5.69 Å². The first-order chi connectivity index (χ1) is 7.33. The first-order valence-electron chi connectivity index (χ1n) is 4.85. The van der Waals surface area contributed by atoms with Gasteiger partial charge >= 0.3 is 0 Å². The lowest BCUT2D eigenvalue weighted by Gasteiger charge is -2.07. The highest BCUT2D eigenvalue weighted by molar-refractivity contribution is 5.77. The van der Waals surface area contributed by atoms with Crippen molar-refractivity contribution < 1.29 is 0 Å². The van der Waals surface area contributed by atoms with Gasteiger partial charge in [0.1, 0.15) is 0 Å². The Balaban J connectivity index is 2.64. The molecule has 0 atom stereocenters. The van der Waals surface area contributed by atoms with Gasteiger partial charge in [0.25, 0.3) is 0 Å². The van der Waals surface area contributed by atoms with Crippen molar-refractivity contribution in [2.75, 3.05) is 0 Å². The van der Waals surface area contributed by atoms with Crippen LogP contribution in [0.15, 0.2) is 53.6 Å². The Morgan fingerprint density at radius 1 is 0.867 bits per heavy atom. The lowest BCUT2D eigenvalue weighted by atomic mass is 9.99. The van der Waals surface area contributed by atoms with E-state index in [0.29, 0.717) is 5.69 Å². The summed E-state index contributed by atoms with van der Waals surface area (Å²) < 4.78 is 0. The second-order valence-corrected chi connectivity index (χ2v) is 3.44. The minimum absolute atomic E-state index is 0.715.